The van der Waals surface area contributed by atoms with Gasteiger partial charge in [0.05, 0.1) is 12.5 Å². The van der Waals surface area contributed by atoms with Crippen LogP contribution in [0.25, 0.3) is 0 Å². The van der Waals surface area contributed by atoms with Gasteiger partial charge in [-0.3, -0.25) is 9.59 Å². The Kier molecular flexibility index (Phi) is 5.13. The van der Waals surface area contributed by atoms with Gasteiger partial charge in [0.15, 0.2) is 0 Å². The van der Waals surface area contributed by atoms with E-state index in [1.807, 2.05) is 29.6 Å². The SMILES string of the molecule is O=C(O)CC(NC(=O)c1ccc(I)cc1)c1cccs1. The number of hydrogen-bond donors (Lipinski definition) is 2. The highest BCUT2D eigenvalue weighted by atomic mass is 127. The Bertz CT molecular complexity index is 595. The molecule has 1 aromatic heterocycles. The fourth-order valence-corrected chi connectivity index (χ4v) is 2.87. The summed E-state index contributed by atoms with van der Waals surface area (Å²) < 4.78 is 1.04. The van der Waals surface area contributed by atoms with Crippen molar-refractivity contribution in [2.24, 2.45) is 0 Å². The number of carbonyl (C=O) groups excluding carboxylic acids is 1. The van der Waals surface area contributed by atoms with Gasteiger partial charge in [0, 0.05) is 14.0 Å². The van der Waals surface area contributed by atoms with E-state index >= 15 is 0 Å². The molecule has 0 spiro atoms. The Morgan fingerprint density at radius 3 is 2.50 bits per heavy atom. The molecule has 1 atom stereocenters. The highest BCUT2D eigenvalue weighted by Crippen LogP contribution is 2.22. The molecule has 2 rings (SSSR count). The molecule has 0 aliphatic rings. The maximum absolute atomic E-state index is 12.1. The molecule has 1 aromatic carbocycles. The van der Waals surface area contributed by atoms with Crippen LogP contribution in [0.4, 0.5) is 0 Å². The lowest BCUT2D eigenvalue weighted by Crippen LogP contribution is -2.29. The Balaban J connectivity index is 2.13. The predicted octanol–water partition coefficient (Wildman–Crippen LogP) is 3.30. The van der Waals surface area contributed by atoms with Crippen LogP contribution in [0.2, 0.25) is 0 Å². The van der Waals surface area contributed by atoms with Crippen LogP contribution >= 0.6 is 33.9 Å². The molecular formula is C14H12INO3S. The fraction of sp³-hybridized carbons (Fsp3) is 0.143. The zero-order valence-corrected chi connectivity index (χ0v) is 13.3. The molecule has 0 fully saturated rings. The first-order chi connectivity index (χ1) is 9.56. The number of carboxylic acid groups (broad SMARTS) is 1. The fourth-order valence-electron chi connectivity index (χ4n) is 1.73. The smallest absolute Gasteiger partial charge is 0.305 e. The molecule has 0 radical (unpaired) electrons. The highest BCUT2D eigenvalue weighted by Gasteiger charge is 2.19. The van der Waals surface area contributed by atoms with Crippen molar-refractivity contribution in [3.63, 3.8) is 0 Å². The minimum Gasteiger partial charge on any atom is -0.481 e. The predicted molar refractivity (Wildman–Crippen MR) is 85.9 cm³/mol. The van der Waals surface area contributed by atoms with Crippen LogP contribution in [0.15, 0.2) is 41.8 Å². The molecule has 20 heavy (non-hydrogen) atoms. The molecule has 0 aliphatic heterocycles. The molecule has 0 bridgehead atoms. The van der Waals surface area contributed by atoms with Crippen LogP contribution in [0, 0.1) is 3.57 Å². The van der Waals surface area contributed by atoms with Gasteiger partial charge in [-0.05, 0) is 58.3 Å². The highest BCUT2D eigenvalue weighted by molar-refractivity contribution is 14.1. The van der Waals surface area contributed by atoms with Crippen molar-refractivity contribution in [2.45, 2.75) is 12.5 Å². The van der Waals surface area contributed by atoms with Gasteiger partial charge in [0.25, 0.3) is 5.91 Å². The van der Waals surface area contributed by atoms with Crippen LogP contribution < -0.4 is 5.32 Å². The Hall–Kier alpha value is -1.41. The number of aliphatic carboxylic acids is 1. The lowest BCUT2D eigenvalue weighted by atomic mass is 10.1. The van der Waals surface area contributed by atoms with Gasteiger partial charge in [-0.15, -0.1) is 11.3 Å². The molecule has 0 saturated heterocycles. The normalized spacial score (nSPS) is 11.8. The van der Waals surface area contributed by atoms with Crippen molar-refractivity contribution in [1.29, 1.82) is 0 Å². The van der Waals surface area contributed by atoms with Crippen LogP contribution in [0.1, 0.15) is 27.7 Å². The number of hydrogen-bond acceptors (Lipinski definition) is 3. The quantitative estimate of drug-likeness (QED) is 0.756. The molecule has 2 aromatic rings. The molecule has 6 heteroatoms. The molecule has 1 amide bonds. The van der Waals surface area contributed by atoms with E-state index < -0.39 is 12.0 Å². The first kappa shape index (κ1) is 15.0. The minimum atomic E-state index is -0.939. The van der Waals surface area contributed by atoms with Gasteiger partial charge < -0.3 is 10.4 Å². The average molecular weight is 401 g/mol. The molecule has 1 unspecified atom stereocenters. The second-order valence-electron chi connectivity index (χ2n) is 4.15. The minimum absolute atomic E-state index is 0.128. The summed E-state index contributed by atoms with van der Waals surface area (Å²) in [5, 5.41) is 13.6. The molecule has 104 valence electrons. The third-order valence-electron chi connectivity index (χ3n) is 2.68. The summed E-state index contributed by atoms with van der Waals surface area (Å²) in [7, 11) is 0. The molecule has 1 heterocycles. The largest absolute Gasteiger partial charge is 0.481 e. The third kappa shape index (κ3) is 4.04. The number of carbonyl (C=O) groups is 2. The number of halogens is 1. The van der Waals surface area contributed by atoms with Crippen molar-refractivity contribution in [3.8, 4) is 0 Å². The van der Waals surface area contributed by atoms with Gasteiger partial charge in [-0.1, -0.05) is 6.07 Å². The Labute approximate surface area is 134 Å². The van der Waals surface area contributed by atoms with E-state index in [2.05, 4.69) is 27.9 Å². The van der Waals surface area contributed by atoms with Crippen LogP contribution in [-0.4, -0.2) is 17.0 Å². The van der Waals surface area contributed by atoms with Gasteiger partial charge in [0.2, 0.25) is 0 Å². The number of carboxylic acids is 1. The van der Waals surface area contributed by atoms with E-state index in [1.54, 1.807) is 12.1 Å². The number of nitrogens with one attached hydrogen (secondary N) is 1. The van der Waals surface area contributed by atoms with Crippen molar-refractivity contribution in [1.82, 2.24) is 5.32 Å². The standard InChI is InChI=1S/C14H12INO3S/c15-10-5-3-9(4-6-10)14(19)16-11(8-13(17)18)12-2-1-7-20-12/h1-7,11H,8H2,(H,16,19)(H,17,18). The number of rotatable bonds is 5. The summed E-state index contributed by atoms with van der Waals surface area (Å²) in [6, 6.07) is 10.3. The summed E-state index contributed by atoms with van der Waals surface area (Å²) in [6.07, 6.45) is -0.128. The second kappa shape index (κ2) is 6.85. The summed E-state index contributed by atoms with van der Waals surface area (Å²) in [5.74, 6) is -1.20. The molecule has 0 saturated carbocycles. The third-order valence-corrected chi connectivity index (χ3v) is 4.38. The topological polar surface area (TPSA) is 66.4 Å². The monoisotopic (exact) mass is 401 g/mol. The average Bonchev–Trinajstić information content (AvgIpc) is 2.92. The van der Waals surface area contributed by atoms with Gasteiger partial charge in [-0.2, -0.15) is 0 Å². The van der Waals surface area contributed by atoms with Crippen molar-refractivity contribution < 1.29 is 14.7 Å². The van der Waals surface area contributed by atoms with E-state index in [4.69, 9.17) is 5.11 Å². The number of amides is 1. The lowest BCUT2D eigenvalue weighted by Gasteiger charge is -2.15. The van der Waals surface area contributed by atoms with E-state index in [0.717, 1.165) is 8.45 Å². The van der Waals surface area contributed by atoms with E-state index in [0.29, 0.717) is 5.56 Å². The summed E-state index contributed by atoms with van der Waals surface area (Å²) in [6.45, 7) is 0. The molecular weight excluding hydrogens is 389 g/mol. The summed E-state index contributed by atoms with van der Waals surface area (Å²) in [5.41, 5.74) is 0.525. The van der Waals surface area contributed by atoms with Crippen molar-refractivity contribution >= 4 is 45.8 Å². The molecule has 2 N–H and O–H groups in total. The first-order valence-electron chi connectivity index (χ1n) is 5.88. The maximum Gasteiger partial charge on any atom is 0.305 e. The lowest BCUT2D eigenvalue weighted by molar-refractivity contribution is -0.137. The van der Waals surface area contributed by atoms with Gasteiger partial charge in [0.1, 0.15) is 0 Å². The van der Waals surface area contributed by atoms with E-state index in [9.17, 15) is 9.59 Å². The van der Waals surface area contributed by atoms with Crippen molar-refractivity contribution in [3.05, 3.63) is 55.8 Å². The number of benzene rings is 1. The maximum atomic E-state index is 12.1. The summed E-state index contributed by atoms with van der Waals surface area (Å²) >= 11 is 3.60. The van der Waals surface area contributed by atoms with E-state index in [-0.39, 0.29) is 12.3 Å². The number of thiophene rings is 1. The molecule has 0 aliphatic carbocycles. The van der Waals surface area contributed by atoms with Crippen molar-refractivity contribution in [2.75, 3.05) is 0 Å². The second-order valence-corrected chi connectivity index (χ2v) is 6.37. The Morgan fingerprint density at radius 2 is 1.95 bits per heavy atom. The van der Waals surface area contributed by atoms with Crippen LogP contribution in [0.3, 0.4) is 0 Å². The van der Waals surface area contributed by atoms with Gasteiger partial charge in [-0.25, -0.2) is 0 Å². The zero-order valence-electron chi connectivity index (χ0n) is 10.4. The Morgan fingerprint density at radius 1 is 1.25 bits per heavy atom. The zero-order chi connectivity index (χ0) is 14.5. The van der Waals surface area contributed by atoms with Crippen LogP contribution in [-0.2, 0) is 4.79 Å². The summed E-state index contributed by atoms with van der Waals surface area (Å²) in [4.78, 5) is 23.9. The van der Waals surface area contributed by atoms with Crippen LogP contribution in [0.5, 0.6) is 0 Å². The van der Waals surface area contributed by atoms with E-state index in [1.165, 1.54) is 11.3 Å². The molecule has 4 nitrogen and oxygen atoms in total. The first-order valence-corrected chi connectivity index (χ1v) is 7.83. The van der Waals surface area contributed by atoms with Gasteiger partial charge >= 0.3 is 5.97 Å².